The van der Waals surface area contributed by atoms with Gasteiger partial charge in [0.25, 0.3) is 0 Å². The quantitative estimate of drug-likeness (QED) is 0.426. The van der Waals surface area contributed by atoms with E-state index >= 15 is 0 Å². The third-order valence-corrected chi connectivity index (χ3v) is 5.15. The summed E-state index contributed by atoms with van der Waals surface area (Å²) in [5.41, 5.74) is 6.20. The van der Waals surface area contributed by atoms with Crippen LogP contribution in [0.4, 0.5) is 5.69 Å². The van der Waals surface area contributed by atoms with Crippen LogP contribution >= 0.6 is 0 Å². The Balaban J connectivity index is 2.04. The van der Waals surface area contributed by atoms with Crippen LogP contribution in [0.5, 0.6) is 0 Å². The number of carbonyl (C=O) groups is 1. The minimum Gasteiger partial charge on any atom is -0.478 e. The molecular weight excluding hydrogens is 390 g/mol. The second kappa shape index (κ2) is 8.26. The van der Waals surface area contributed by atoms with Gasteiger partial charge in [-0.2, -0.15) is 5.10 Å². The van der Waals surface area contributed by atoms with E-state index in [1.165, 1.54) is 30.3 Å². The molecule has 0 unspecified atom stereocenters. The molecule has 3 aromatic rings. The van der Waals surface area contributed by atoms with Crippen LogP contribution in [-0.4, -0.2) is 25.2 Å². The van der Waals surface area contributed by atoms with Crippen molar-refractivity contribution in [3.05, 3.63) is 95.1 Å². The van der Waals surface area contributed by atoms with Crippen LogP contribution in [0.15, 0.2) is 82.8 Å². The number of carboxylic acid groups (broad SMARTS) is 1. The van der Waals surface area contributed by atoms with Gasteiger partial charge in [-0.3, -0.25) is 5.43 Å². The van der Waals surface area contributed by atoms with Crippen LogP contribution in [0, 0.1) is 6.92 Å². The number of hydrogen-bond acceptors (Lipinski definition) is 5. The molecule has 7 nitrogen and oxygen atoms in total. The topological polar surface area (TPSA) is 122 Å². The number of benzene rings is 3. The average molecular weight is 409 g/mol. The number of nitrogens with two attached hydrogens (primary N) is 1. The molecule has 8 heteroatoms. The highest BCUT2D eigenvalue weighted by Gasteiger charge is 2.16. The second-order valence-electron chi connectivity index (χ2n) is 6.36. The summed E-state index contributed by atoms with van der Waals surface area (Å²) in [4.78, 5) is 11.7. The number of nitrogens with zero attached hydrogens (tertiary/aromatic N) is 1. The lowest BCUT2D eigenvalue weighted by molar-refractivity contribution is 0.0696. The number of aryl methyl sites for hydroxylation is 1. The van der Waals surface area contributed by atoms with Gasteiger partial charge in [0.1, 0.15) is 0 Å². The lowest BCUT2D eigenvalue weighted by Gasteiger charge is -2.12. The first-order valence-electron chi connectivity index (χ1n) is 8.62. The zero-order chi connectivity index (χ0) is 21.0. The van der Waals surface area contributed by atoms with E-state index < -0.39 is 16.0 Å². The number of hydrazone groups is 1. The van der Waals surface area contributed by atoms with Crippen LogP contribution in [-0.2, 0) is 10.0 Å². The molecule has 3 rings (SSSR count). The van der Waals surface area contributed by atoms with E-state index in [2.05, 4.69) is 10.5 Å². The van der Waals surface area contributed by atoms with Crippen LogP contribution in [0.25, 0.3) is 0 Å². The molecule has 3 aromatic carbocycles. The van der Waals surface area contributed by atoms with Crippen LogP contribution in [0.3, 0.4) is 0 Å². The fourth-order valence-corrected chi connectivity index (χ4v) is 3.22. The van der Waals surface area contributed by atoms with Crippen molar-refractivity contribution in [3.63, 3.8) is 0 Å². The van der Waals surface area contributed by atoms with Gasteiger partial charge in [-0.1, -0.05) is 48.0 Å². The van der Waals surface area contributed by atoms with Gasteiger partial charge in [-0.05, 0) is 37.3 Å². The summed E-state index contributed by atoms with van der Waals surface area (Å²) >= 11 is 0. The number of rotatable bonds is 6. The Hall–Kier alpha value is -3.49. The molecule has 0 aromatic heterocycles. The first kappa shape index (κ1) is 20.2. The van der Waals surface area contributed by atoms with Crippen molar-refractivity contribution in [1.82, 2.24) is 0 Å². The van der Waals surface area contributed by atoms with E-state index in [1.807, 2.05) is 31.2 Å². The van der Waals surface area contributed by atoms with Crippen LogP contribution in [0.1, 0.15) is 27.0 Å². The molecule has 0 atom stereocenters. The Bertz CT molecular complexity index is 1170. The number of nitrogens with one attached hydrogen (secondary N) is 1. The van der Waals surface area contributed by atoms with Gasteiger partial charge in [-0.15, -0.1) is 0 Å². The molecule has 0 aliphatic heterocycles. The molecule has 148 valence electrons. The Labute approximate surface area is 168 Å². The lowest BCUT2D eigenvalue weighted by atomic mass is 9.97. The summed E-state index contributed by atoms with van der Waals surface area (Å²) < 4.78 is 22.8. The highest BCUT2D eigenvalue weighted by molar-refractivity contribution is 7.89. The SMILES string of the molecule is Cc1ccc(/C(=N\Nc2ccc(S(N)(=O)=O)cc2)c2ccccc2C(=O)O)cc1. The van der Waals surface area contributed by atoms with E-state index in [4.69, 9.17) is 5.14 Å². The largest absolute Gasteiger partial charge is 0.478 e. The predicted octanol–water partition coefficient (Wildman–Crippen LogP) is 3.21. The molecule has 0 fully saturated rings. The molecule has 29 heavy (non-hydrogen) atoms. The first-order chi connectivity index (χ1) is 13.8. The smallest absolute Gasteiger partial charge is 0.336 e. The maximum atomic E-state index is 11.7. The van der Waals surface area contributed by atoms with Crippen LogP contribution in [0.2, 0.25) is 0 Å². The van der Waals surface area contributed by atoms with Gasteiger partial charge in [0.2, 0.25) is 10.0 Å². The average Bonchev–Trinajstić information content (AvgIpc) is 2.69. The molecule has 0 spiro atoms. The van der Waals surface area contributed by atoms with Gasteiger partial charge in [0.05, 0.1) is 21.9 Å². The van der Waals surface area contributed by atoms with Gasteiger partial charge < -0.3 is 5.11 Å². The number of sulfonamides is 1. The Morgan fingerprint density at radius 3 is 2.07 bits per heavy atom. The van der Waals surface area contributed by atoms with Crippen molar-refractivity contribution >= 4 is 27.4 Å². The van der Waals surface area contributed by atoms with Crippen molar-refractivity contribution in [2.24, 2.45) is 10.2 Å². The summed E-state index contributed by atoms with van der Waals surface area (Å²) in [7, 11) is -3.78. The minimum atomic E-state index is -3.78. The van der Waals surface area contributed by atoms with Crippen molar-refractivity contribution in [3.8, 4) is 0 Å². The molecule has 0 heterocycles. The van der Waals surface area contributed by atoms with E-state index in [9.17, 15) is 18.3 Å². The number of hydrogen-bond donors (Lipinski definition) is 3. The molecule has 0 saturated carbocycles. The first-order valence-corrected chi connectivity index (χ1v) is 10.2. The molecule has 0 saturated heterocycles. The van der Waals surface area contributed by atoms with Gasteiger partial charge >= 0.3 is 5.97 Å². The van der Waals surface area contributed by atoms with Gasteiger partial charge in [0.15, 0.2) is 0 Å². The number of primary sulfonamides is 1. The fraction of sp³-hybridized carbons (Fsp3) is 0.0476. The van der Waals surface area contributed by atoms with E-state index in [-0.39, 0.29) is 10.5 Å². The highest BCUT2D eigenvalue weighted by atomic mass is 32.2. The van der Waals surface area contributed by atoms with Crippen molar-refractivity contribution in [2.45, 2.75) is 11.8 Å². The third-order valence-electron chi connectivity index (χ3n) is 4.22. The summed E-state index contributed by atoms with van der Waals surface area (Å²) in [5, 5.41) is 19.1. The summed E-state index contributed by atoms with van der Waals surface area (Å²) in [6, 6.07) is 19.9. The Morgan fingerprint density at radius 1 is 0.931 bits per heavy atom. The third kappa shape index (κ3) is 4.87. The number of aromatic carboxylic acids is 1. The number of anilines is 1. The molecule has 0 amide bonds. The van der Waals surface area contributed by atoms with Gasteiger partial charge in [-0.25, -0.2) is 18.4 Å². The highest BCUT2D eigenvalue weighted by Crippen LogP contribution is 2.18. The molecule has 0 aliphatic rings. The normalized spacial score (nSPS) is 11.9. The van der Waals surface area contributed by atoms with Crippen molar-refractivity contribution in [1.29, 1.82) is 0 Å². The summed E-state index contributed by atoms with van der Waals surface area (Å²) in [6.45, 7) is 1.96. The van der Waals surface area contributed by atoms with E-state index in [1.54, 1.807) is 18.2 Å². The standard InChI is InChI=1S/C21H19N3O4S/c1-14-6-8-15(9-7-14)20(18-4-2-3-5-19(18)21(25)26)24-23-16-10-12-17(13-11-16)29(22,27)28/h2-13,23H,1H3,(H,25,26)(H2,22,27,28)/b24-20+. The maximum absolute atomic E-state index is 11.7. The predicted molar refractivity (Wildman–Crippen MR) is 112 cm³/mol. The van der Waals surface area contributed by atoms with Crippen LogP contribution < -0.4 is 10.6 Å². The molecule has 0 aliphatic carbocycles. The second-order valence-corrected chi connectivity index (χ2v) is 7.92. The summed E-state index contributed by atoms with van der Waals surface area (Å²) in [5.74, 6) is -1.06. The van der Waals surface area contributed by atoms with E-state index in [0.717, 1.165) is 11.1 Å². The lowest BCUT2D eigenvalue weighted by Crippen LogP contribution is -2.13. The van der Waals surface area contributed by atoms with E-state index in [0.29, 0.717) is 17.0 Å². The molecular formula is C21H19N3O4S. The Morgan fingerprint density at radius 2 is 1.52 bits per heavy atom. The molecule has 0 bridgehead atoms. The van der Waals surface area contributed by atoms with Gasteiger partial charge in [0, 0.05) is 11.1 Å². The summed E-state index contributed by atoms with van der Waals surface area (Å²) in [6.07, 6.45) is 0. The monoisotopic (exact) mass is 409 g/mol. The zero-order valence-corrected chi connectivity index (χ0v) is 16.3. The minimum absolute atomic E-state index is 0.0120. The Kier molecular flexibility index (Phi) is 5.76. The van der Waals surface area contributed by atoms with Crippen molar-refractivity contribution < 1.29 is 18.3 Å². The number of carboxylic acids is 1. The zero-order valence-electron chi connectivity index (χ0n) is 15.5. The van der Waals surface area contributed by atoms with Crippen molar-refractivity contribution in [2.75, 3.05) is 5.43 Å². The maximum Gasteiger partial charge on any atom is 0.336 e. The fourth-order valence-electron chi connectivity index (χ4n) is 2.71. The molecule has 0 radical (unpaired) electrons. The molecule has 4 N–H and O–H groups in total.